The molecular weight excluding hydrogens is 265 g/mol. The van der Waals surface area contributed by atoms with Crippen molar-refractivity contribution in [2.45, 2.75) is 32.7 Å². The summed E-state index contributed by atoms with van der Waals surface area (Å²) in [6.45, 7) is 6.32. The maximum absolute atomic E-state index is 13.5. The Morgan fingerprint density at radius 2 is 2.11 bits per heavy atom. The molecule has 0 aliphatic carbocycles. The van der Waals surface area contributed by atoms with Crippen LogP contribution >= 0.6 is 11.6 Å². The molecule has 0 radical (unpaired) electrons. The Kier molecular flexibility index (Phi) is 5.20. The summed E-state index contributed by atoms with van der Waals surface area (Å²) in [5, 5.41) is 4.01. The van der Waals surface area contributed by atoms with Crippen molar-refractivity contribution in [2.75, 3.05) is 19.8 Å². The predicted molar refractivity (Wildman–Crippen MR) is 76.1 cm³/mol. The Morgan fingerprint density at radius 1 is 1.42 bits per heavy atom. The van der Waals surface area contributed by atoms with E-state index in [4.69, 9.17) is 16.3 Å². The highest BCUT2D eigenvalue weighted by Gasteiger charge is 2.26. The summed E-state index contributed by atoms with van der Waals surface area (Å²) in [6, 6.07) is 3.48. The zero-order valence-electron chi connectivity index (χ0n) is 11.5. The van der Waals surface area contributed by atoms with Crippen molar-refractivity contribution < 1.29 is 9.13 Å². The average Bonchev–Trinajstić information content (AvgIpc) is 2.42. The van der Waals surface area contributed by atoms with E-state index >= 15 is 0 Å². The van der Waals surface area contributed by atoms with Gasteiger partial charge in [0, 0.05) is 24.3 Å². The van der Waals surface area contributed by atoms with Gasteiger partial charge in [0.25, 0.3) is 0 Å². The summed E-state index contributed by atoms with van der Waals surface area (Å²) in [5.74, 6) is 0.257. The molecule has 0 bridgehead atoms. The number of halogens is 2. The quantitative estimate of drug-likeness (QED) is 0.907. The monoisotopic (exact) mass is 285 g/mol. The molecule has 1 atom stereocenters. The molecule has 2 rings (SSSR count). The minimum atomic E-state index is -0.240. The molecule has 0 spiro atoms. The summed E-state index contributed by atoms with van der Waals surface area (Å²) in [6.07, 6.45) is 2.04. The van der Waals surface area contributed by atoms with E-state index in [0.717, 1.165) is 38.2 Å². The Bertz CT molecular complexity index is 432. The SMILES string of the molecule is CCNC(c1cc(C)c(F)cc1Cl)C1CCOCC1. The predicted octanol–water partition coefficient (Wildman–Crippen LogP) is 3.86. The van der Waals surface area contributed by atoms with Gasteiger partial charge in [0.05, 0.1) is 0 Å². The molecule has 1 aliphatic heterocycles. The maximum atomic E-state index is 13.5. The van der Waals surface area contributed by atoms with E-state index in [0.29, 0.717) is 16.5 Å². The number of nitrogens with one attached hydrogen (secondary N) is 1. The largest absolute Gasteiger partial charge is 0.381 e. The molecule has 2 nitrogen and oxygen atoms in total. The first-order valence-electron chi connectivity index (χ1n) is 6.90. The van der Waals surface area contributed by atoms with Gasteiger partial charge >= 0.3 is 0 Å². The smallest absolute Gasteiger partial charge is 0.127 e. The number of hydrogen-bond donors (Lipinski definition) is 1. The summed E-state index contributed by atoms with van der Waals surface area (Å²) >= 11 is 6.24. The number of aryl methyl sites for hydroxylation is 1. The number of hydrogen-bond acceptors (Lipinski definition) is 2. The van der Waals surface area contributed by atoms with Crippen LogP contribution < -0.4 is 5.32 Å². The molecule has 1 fully saturated rings. The molecule has 1 N–H and O–H groups in total. The summed E-state index contributed by atoms with van der Waals surface area (Å²) < 4.78 is 18.9. The Balaban J connectivity index is 2.29. The van der Waals surface area contributed by atoms with Gasteiger partial charge in [-0.25, -0.2) is 4.39 Å². The third-order valence-corrected chi connectivity index (χ3v) is 4.10. The van der Waals surface area contributed by atoms with Crippen molar-refractivity contribution in [2.24, 2.45) is 5.92 Å². The van der Waals surface area contributed by atoms with Crippen molar-refractivity contribution >= 4 is 11.6 Å². The molecule has 1 heterocycles. The molecule has 0 aromatic heterocycles. The fraction of sp³-hybridized carbons (Fsp3) is 0.600. The zero-order chi connectivity index (χ0) is 13.8. The van der Waals surface area contributed by atoms with E-state index < -0.39 is 0 Å². The van der Waals surface area contributed by atoms with E-state index in [1.54, 1.807) is 6.92 Å². The van der Waals surface area contributed by atoms with Crippen LogP contribution in [0.25, 0.3) is 0 Å². The highest BCUT2D eigenvalue weighted by Crippen LogP contribution is 2.35. The molecule has 0 amide bonds. The van der Waals surface area contributed by atoms with Crippen LogP contribution in [-0.2, 0) is 4.74 Å². The standard InChI is InChI=1S/C15H21ClFNO/c1-3-18-15(11-4-6-19-7-5-11)12-8-10(2)14(17)9-13(12)16/h8-9,11,15,18H,3-7H2,1-2H3. The second kappa shape index (κ2) is 6.69. The van der Waals surface area contributed by atoms with Gasteiger partial charge in [0.1, 0.15) is 5.82 Å². The lowest BCUT2D eigenvalue weighted by atomic mass is 9.86. The van der Waals surface area contributed by atoms with Gasteiger partial charge in [0.2, 0.25) is 0 Å². The molecule has 1 unspecified atom stereocenters. The van der Waals surface area contributed by atoms with Crippen LogP contribution in [0.2, 0.25) is 5.02 Å². The van der Waals surface area contributed by atoms with Gasteiger partial charge in [-0.1, -0.05) is 24.6 Å². The highest BCUT2D eigenvalue weighted by atomic mass is 35.5. The van der Waals surface area contributed by atoms with Crippen LogP contribution in [0.3, 0.4) is 0 Å². The fourth-order valence-corrected chi connectivity index (χ4v) is 2.99. The third kappa shape index (κ3) is 3.47. The molecule has 1 aromatic rings. The average molecular weight is 286 g/mol. The maximum Gasteiger partial charge on any atom is 0.127 e. The minimum Gasteiger partial charge on any atom is -0.381 e. The first kappa shape index (κ1) is 14.8. The van der Waals surface area contributed by atoms with Crippen LogP contribution in [-0.4, -0.2) is 19.8 Å². The van der Waals surface area contributed by atoms with Crippen molar-refractivity contribution in [3.05, 3.63) is 34.1 Å². The van der Waals surface area contributed by atoms with Gasteiger partial charge in [-0.05, 0) is 49.4 Å². The first-order chi connectivity index (χ1) is 9.13. The molecule has 1 aliphatic rings. The van der Waals surface area contributed by atoms with Crippen molar-refractivity contribution in [1.82, 2.24) is 5.32 Å². The Morgan fingerprint density at radius 3 is 2.74 bits per heavy atom. The van der Waals surface area contributed by atoms with Crippen LogP contribution in [0.5, 0.6) is 0 Å². The van der Waals surface area contributed by atoms with E-state index in [1.807, 2.05) is 6.07 Å². The van der Waals surface area contributed by atoms with Crippen LogP contribution in [0, 0.1) is 18.7 Å². The molecule has 19 heavy (non-hydrogen) atoms. The van der Waals surface area contributed by atoms with Crippen molar-refractivity contribution in [1.29, 1.82) is 0 Å². The normalized spacial score (nSPS) is 18.5. The minimum absolute atomic E-state index is 0.181. The first-order valence-corrected chi connectivity index (χ1v) is 7.28. The van der Waals surface area contributed by atoms with Gasteiger partial charge < -0.3 is 10.1 Å². The Hall–Kier alpha value is -0.640. The number of ether oxygens (including phenoxy) is 1. The zero-order valence-corrected chi connectivity index (χ0v) is 12.3. The Labute approximate surface area is 119 Å². The molecule has 106 valence electrons. The summed E-state index contributed by atoms with van der Waals surface area (Å²) in [5.41, 5.74) is 1.66. The van der Waals surface area contributed by atoms with Gasteiger partial charge in [-0.3, -0.25) is 0 Å². The van der Waals surface area contributed by atoms with E-state index in [-0.39, 0.29) is 11.9 Å². The number of benzene rings is 1. The molecule has 0 saturated carbocycles. The fourth-order valence-electron chi connectivity index (χ4n) is 2.72. The molecule has 4 heteroatoms. The number of rotatable bonds is 4. The van der Waals surface area contributed by atoms with Crippen LogP contribution in [0.15, 0.2) is 12.1 Å². The highest BCUT2D eigenvalue weighted by molar-refractivity contribution is 6.31. The topological polar surface area (TPSA) is 21.3 Å². The van der Waals surface area contributed by atoms with Gasteiger partial charge in [-0.2, -0.15) is 0 Å². The lowest BCUT2D eigenvalue weighted by Crippen LogP contribution is -2.32. The van der Waals surface area contributed by atoms with Gasteiger partial charge in [0.15, 0.2) is 0 Å². The van der Waals surface area contributed by atoms with Crippen molar-refractivity contribution in [3.8, 4) is 0 Å². The summed E-state index contributed by atoms with van der Waals surface area (Å²) in [7, 11) is 0. The van der Waals surface area contributed by atoms with E-state index in [9.17, 15) is 4.39 Å². The molecule has 1 saturated heterocycles. The third-order valence-electron chi connectivity index (χ3n) is 3.77. The second-order valence-corrected chi connectivity index (χ2v) is 5.52. The van der Waals surface area contributed by atoms with E-state index in [2.05, 4.69) is 12.2 Å². The molecular formula is C15H21ClFNO. The molecule has 1 aromatic carbocycles. The van der Waals surface area contributed by atoms with Crippen molar-refractivity contribution in [3.63, 3.8) is 0 Å². The second-order valence-electron chi connectivity index (χ2n) is 5.11. The lowest BCUT2D eigenvalue weighted by Gasteiger charge is -2.32. The van der Waals surface area contributed by atoms with E-state index in [1.165, 1.54) is 6.07 Å². The van der Waals surface area contributed by atoms with Gasteiger partial charge in [-0.15, -0.1) is 0 Å². The lowest BCUT2D eigenvalue weighted by molar-refractivity contribution is 0.0538. The van der Waals surface area contributed by atoms with Crippen LogP contribution in [0.1, 0.15) is 36.9 Å². The summed E-state index contributed by atoms with van der Waals surface area (Å²) in [4.78, 5) is 0. The van der Waals surface area contributed by atoms with Crippen LogP contribution in [0.4, 0.5) is 4.39 Å².